The molecule has 0 unspecified atom stereocenters. The molecule has 0 saturated carbocycles. The van der Waals surface area contributed by atoms with Gasteiger partial charge in [0.05, 0.1) is 18.4 Å². The minimum absolute atomic E-state index is 0.0170. The molecular formula is C24H21F3N4O4. The van der Waals surface area contributed by atoms with Gasteiger partial charge in [0.2, 0.25) is 0 Å². The Morgan fingerprint density at radius 3 is 2.74 bits per heavy atom. The highest BCUT2D eigenvalue weighted by atomic mass is 19.4. The number of nitrogens with one attached hydrogen (secondary N) is 2. The molecular weight excluding hydrogens is 465 g/mol. The third-order valence-electron chi connectivity index (χ3n) is 4.96. The van der Waals surface area contributed by atoms with E-state index in [1.54, 1.807) is 12.4 Å². The number of pyridine rings is 1. The number of carbonyl (C=O) groups excluding carboxylic acids is 1. The SMILES string of the molecule is O=C(NCCCOc1ccccc1C(F)(F)F)c1cc(O)cc(OCc2cnc3[nH]ncc3c2)c1. The van der Waals surface area contributed by atoms with E-state index in [2.05, 4.69) is 20.5 Å². The van der Waals surface area contributed by atoms with Crippen LogP contribution in [-0.4, -0.2) is 39.3 Å². The minimum Gasteiger partial charge on any atom is -0.508 e. The summed E-state index contributed by atoms with van der Waals surface area (Å²) in [6.07, 6.45) is -0.957. The second-order valence-electron chi connectivity index (χ2n) is 7.61. The lowest BCUT2D eigenvalue weighted by atomic mass is 10.2. The largest absolute Gasteiger partial charge is 0.508 e. The van der Waals surface area contributed by atoms with Gasteiger partial charge in [0.1, 0.15) is 23.9 Å². The van der Waals surface area contributed by atoms with Gasteiger partial charge in [-0.15, -0.1) is 0 Å². The van der Waals surface area contributed by atoms with Crippen LogP contribution in [0, 0.1) is 0 Å². The molecule has 0 radical (unpaired) electrons. The molecule has 1 amide bonds. The van der Waals surface area contributed by atoms with Crippen molar-refractivity contribution < 1.29 is 32.5 Å². The Morgan fingerprint density at radius 2 is 1.91 bits per heavy atom. The molecule has 0 spiro atoms. The number of rotatable bonds is 9. The number of benzene rings is 2. The number of aromatic nitrogens is 3. The Morgan fingerprint density at radius 1 is 1.09 bits per heavy atom. The summed E-state index contributed by atoms with van der Waals surface area (Å²) >= 11 is 0. The van der Waals surface area contributed by atoms with E-state index in [9.17, 15) is 23.1 Å². The van der Waals surface area contributed by atoms with Gasteiger partial charge in [-0.2, -0.15) is 18.3 Å². The molecule has 3 N–H and O–H groups in total. The number of alkyl halides is 3. The Balaban J connectivity index is 1.28. The number of amides is 1. The summed E-state index contributed by atoms with van der Waals surface area (Å²) in [5, 5.41) is 20.1. The zero-order valence-corrected chi connectivity index (χ0v) is 18.3. The summed E-state index contributed by atoms with van der Waals surface area (Å²) in [5.41, 5.74) is 0.754. The van der Waals surface area contributed by atoms with Crippen molar-refractivity contribution in [2.24, 2.45) is 0 Å². The lowest BCUT2D eigenvalue weighted by Crippen LogP contribution is -2.25. The summed E-state index contributed by atoms with van der Waals surface area (Å²) in [6.45, 7) is 0.307. The molecule has 0 atom stereocenters. The molecule has 8 nitrogen and oxygen atoms in total. The van der Waals surface area contributed by atoms with Crippen LogP contribution in [0.4, 0.5) is 13.2 Å². The van der Waals surface area contributed by atoms with Crippen LogP contribution in [0.2, 0.25) is 0 Å². The van der Waals surface area contributed by atoms with Crippen LogP contribution in [0.25, 0.3) is 11.0 Å². The molecule has 0 aliphatic carbocycles. The molecule has 35 heavy (non-hydrogen) atoms. The van der Waals surface area contributed by atoms with E-state index < -0.39 is 17.6 Å². The predicted molar refractivity (Wildman–Crippen MR) is 120 cm³/mol. The van der Waals surface area contributed by atoms with E-state index in [4.69, 9.17) is 9.47 Å². The van der Waals surface area contributed by atoms with Crippen molar-refractivity contribution in [2.75, 3.05) is 13.2 Å². The molecule has 0 aliphatic rings. The fourth-order valence-corrected chi connectivity index (χ4v) is 3.31. The third kappa shape index (κ3) is 6.19. The van der Waals surface area contributed by atoms with Crippen molar-refractivity contribution in [1.29, 1.82) is 0 Å². The third-order valence-corrected chi connectivity index (χ3v) is 4.96. The highest BCUT2D eigenvalue weighted by molar-refractivity contribution is 5.95. The maximum Gasteiger partial charge on any atom is 0.419 e. The van der Waals surface area contributed by atoms with E-state index in [1.165, 1.54) is 36.4 Å². The number of hydrogen-bond donors (Lipinski definition) is 3. The van der Waals surface area contributed by atoms with E-state index in [0.29, 0.717) is 5.65 Å². The van der Waals surface area contributed by atoms with Crippen molar-refractivity contribution in [3.8, 4) is 17.2 Å². The second kappa shape index (κ2) is 10.3. The number of halogens is 3. The minimum atomic E-state index is -4.51. The van der Waals surface area contributed by atoms with Crippen molar-refractivity contribution in [3.63, 3.8) is 0 Å². The first-order valence-corrected chi connectivity index (χ1v) is 10.6. The highest BCUT2D eigenvalue weighted by Crippen LogP contribution is 2.35. The smallest absolute Gasteiger partial charge is 0.419 e. The van der Waals surface area contributed by atoms with Crippen molar-refractivity contribution in [3.05, 3.63) is 77.6 Å². The normalized spacial score (nSPS) is 11.4. The van der Waals surface area contributed by atoms with E-state index in [-0.39, 0.29) is 49.0 Å². The van der Waals surface area contributed by atoms with Crippen LogP contribution in [0.15, 0.2) is 60.9 Å². The van der Waals surface area contributed by atoms with Gasteiger partial charge in [0.25, 0.3) is 5.91 Å². The number of phenols is 1. The van der Waals surface area contributed by atoms with Gasteiger partial charge < -0.3 is 19.9 Å². The molecule has 0 aliphatic heterocycles. The first-order valence-electron chi connectivity index (χ1n) is 10.6. The number of para-hydroxylation sites is 1. The van der Waals surface area contributed by atoms with Crippen molar-refractivity contribution in [2.45, 2.75) is 19.2 Å². The van der Waals surface area contributed by atoms with Crippen LogP contribution in [0.3, 0.4) is 0 Å². The van der Waals surface area contributed by atoms with Gasteiger partial charge in [0, 0.05) is 35.3 Å². The Labute approximate surface area is 197 Å². The van der Waals surface area contributed by atoms with Gasteiger partial charge in [0.15, 0.2) is 5.65 Å². The number of phenolic OH excluding ortho intramolecular Hbond substituents is 1. The number of aromatic amines is 1. The standard InChI is InChI=1S/C24H21F3N4O4/c25-24(26,27)20-4-1-2-5-21(20)34-7-3-6-28-23(33)16-9-18(32)11-19(10-16)35-14-15-8-17-13-30-31-22(17)29-12-15/h1-2,4-5,8-13,32H,3,6-7,14H2,(H,28,33)(H,29,30,31). The zero-order valence-electron chi connectivity index (χ0n) is 18.3. The van der Waals surface area contributed by atoms with Crippen LogP contribution in [0.5, 0.6) is 17.2 Å². The maximum absolute atomic E-state index is 13.0. The monoisotopic (exact) mass is 486 g/mol. The summed E-state index contributed by atoms with van der Waals surface area (Å²) in [4.78, 5) is 16.7. The van der Waals surface area contributed by atoms with Crippen LogP contribution >= 0.6 is 0 Å². The summed E-state index contributed by atoms with van der Waals surface area (Å²) in [7, 11) is 0. The van der Waals surface area contributed by atoms with Gasteiger partial charge in [-0.05, 0) is 36.8 Å². The molecule has 4 aromatic rings. The van der Waals surface area contributed by atoms with E-state index in [1.807, 2.05) is 6.07 Å². The molecule has 0 fully saturated rings. The Bertz CT molecular complexity index is 1320. The predicted octanol–water partition coefficient (Wildman–Crippen LogP) is 4.46. The average Bonchev–Trinajstić information content (AvgIpc) is 3.30. The Kier molecular flexibility index (Phi) is 7.04. The Hall–Kier alpha value is -4.28. The van der Waals surface area contributed by atoms with Crippen LogP contribution < -0.4 is 14.8 Å². The molecule has 2 heterocycles. The lowest BCUT2D eigenvalue weighted by Gasteiger charge is -2.14. The molecule has 2 aromatic heterocycles. The van der Waals surface area contributed by atoms with Gasteiger partial charge in [-0.25, -0.2) is 4.98 Å². The summed E-state index contributed by atoms with van der Waals surface area (Å²) < 4.78 is 50.0. The van der Waals surface area contributed by atoms with Gasteiger partial charge in [-0.1, -0.05) is 12.1 Å². The first-order chi connectivity index (χ1) is 16.8. The number of hydrogen-bond acceptors (Lipinski definition) is 6. The fraction of sp³-hybridized carbons (Fsp3) is 0.208. The van der Waals surface area contributed by atoms with Crippen molar-refractivity contribution >= 4 is 16.9 Å². The van der Waals surface area contributed by atoms with Crippen molar-refractivity contribution in [1.82, 2.24) is 20.5 Å². The van der Waals surface area contributed by atoms with Crippen LogP contribution in [0.1, 0.15) is 27.9 Å². The lowest BCUT2D eigenvalue weighted by molar-refractivity contribution is -0.138. The first kappa shape index (κ1) is 23.9. The quantitative estimate of drug-likeness (QED) is 0.302. The number of fused-ring (bicyclic) bond motifs is 1. The van der Waals surface area contributed by atoms with Gasteiger partial charge >= 0.3 is 6.18 Å². The van der Waals surface area contributed by atoms with E-state index in [0.717, 1.165) is 17.0 Å². The number of H-pyrrole nitrogens is 1. The number of carbonyl (C=O) groups is 1. The maximum atomic E-state index is 13.0. The molecule has 11 heteroatoms. The highest BCUT2D eigenvalue weighted by Gasteiger charge is 2.33. The number of ether oxygens (including phenoxy) is 2. The van der Waals surface area contributed by atoms with Crippen LogP contribution in [-0.2, 0) is 12.8 Å². The molecule has 182 valence electrons. The molecule has 0 saturated heterocycles. The zero-order chi connectivity index (χ0) is 24.8. The second-order valence-corrected chi connectivity index (χ2v) is 7.61. The summed E-state index contributed by atoms with van der Waals surface area (Å²) in [6, 6.07) is 11.0. The molecule has 0 bridgehead atoms. The number of nitrogens with zero attached hydrogens (tertiary/aromatic N) is 2. The molecule has 2 aromatic carbocycles. The molecule has 4 rings (SSSR count). The topological polar surface area (TPSA) is 109 Å². The number of aromatic hydroxyl groups is 1. The summed E-state index contributed by atoms with van der Waals surface area (Å²) in [5.74, 6) is -0.594. The van der Waals surface area contributed by atoms with E-state index >= 15 is 0 Å². The average molecular weight is 486 g/mol. The van der Waals surface area contributed by atoms with Gasteiger partial charge in [-0.3, -0.25) is 9.89 Å². The fourth-order valence-electron chi connectivity index (χ4n) is 3.31.